The summed E-state index contributed by atoms with van der Waals surface area (Å²) >= 11 is 1.27. The van der Waals surface area contributed by atoms with Crippen LogP contribution < -0.4 is 9.31 Å². The monoisotopic (exact) mass is 625 g/mol. The van der Waals surface area contributed by atoms with E-state index < -0.39 is 7.32 Å². The highest BCUT2D eigenvalue weighted by Gasteiger charge is 2.29. The lowest BCUT2D eigenvalue weighted by atomic mass is 9.88. The van der Waals surface area contributed by atoms with Crippen molar-refractivity contribution >= 4 is 19.4 Å². The van der Waals surface area contributed by atoms with Gasteiger partial charge in [-0.25, -0.2) is 0 Å². The number of rotatable bonds is 16. The second-order valence-electron chi connectivity index (χ2n) is 11.2. The predicted octanol–water partition coefficient (Wildman–Crippen LogP) is 10.9. The van der Waals surface area contributed by atoms with Gasteiger partial charge in [-0.05, 0) is 101 Å². The van der Waals surface area contributed by atoms with Gasteiger partial charge in [0, 0.05) is 11.3 Å². The molecule has 0 fully saturated rings. The molecular weight excluding hydrogens is 585 g/mol. The van der Waals surface area contributed by atoms with Gasteiger partial charge in [0.05, 0.1) is 11.6 Å². The van der Waals surface area contributed by atoms with Crippen LogP contribution in [0.1, 0.15) is 61.8 Å². The van der Waals surface area contributed by atoms with Gasteiger partial charge in [-0.15, -0.1) is 0 Å². The fourth-order valence-corrected chi connectivity index (χ4v) is 5.99. The van der Waals surface area contributed by atoms with Crippen LogP contribution in [-0.2, 0) is 22.7 Å². The summed E-state index contributed by atoms with van der Waals surface area (Å²) in [6.07, 6.45) is 6.74. The van der Waals surface area contributed by atoms with Crippen LogP contribution in [-0.4, -0.2) is 7.32 Å². The summed E-state index contributed by atoms with van der Waals surface area (Å²) < 4.78 is 18.7. The third-order valence-electron chi connectivity index (χ3n) is 7.85. The van der Waals surface area contributed by atoms with Crippen molar-refractivity contribution < 1.29 is 13.4 Å². The van der Waals surface area contributed by atoms with Gasteiger partial charge >= 0.3 is 7.32 Å². The lowest BCUT2D eigenvalue weighted by Gasteiger charge is -2.19. The lowest BCUT2D eigenvalue weighted by Crippen LogP contribution is -2.31. The van der Waals surface area contributed by atoms with E-state index in [4.69, 9.17) is 13.4 Å². The molecule has 5 aromatic rings. The average molecular weight is 626 g/mol. The van der Waals surface area contributed by atoms with E-state index in [9.17, 15) is 5.26 Å². The molecule has 0 saturated heterocycles. The van der Waals surface area contributed by atoms with Crippen LogP contribution in [0.2, 0.25) is 0 Å². The van der Waals surface area contributed by atoms with E-state index in [0.717, 1.165) is 66.3 Å². The first-order valence-electron chi connectivity index (χ1n) is 16.1. The summed E-state index contributed by atoms with van der Waals surface area (Å²) in [5, 5.41) is 10.1. The molecule has 5 rings (SSSR count). The number of hydrogen-bond acceptors (Lipinski definition) is 5. The first kappa shape index (κ1) is 32.9. The third-order valence-corrected chi connectivity index (χ3v) is 8.57. The smallest absolute Gasteiger partial charge is 0.500 e. The molecule has 232 valence electrons. The summed E-state index contributed by atoms with van der Waals surface area (Å²) in [4.78, 5) is 0. The summed E-state index contributed by atoms with van der Waals surface area (Å²) in [6.45, 7) is 4.40. The van der Waals surface area contributed by atoms with Crippen LogP contribution in [0.3, 0.4) is 0 Å². The minimum Gasteiger partial charge on any atom is -0.500 e. The quantitative estimate of drug-likeness (QED) is 0.0807. The molecule has 0 radical (unpaired) electrons. The second-order valence-corrected chi connectivity index (χ2v) is 12.0. The van der Waals surface area contributed by atoms with Crippen LogP contribution in [0.5, 0.6) is 11.5 Å². The Morgan fingerprint density at radius 3 is 1.59 bits per heavy atom. The maximum absolute atomic E-state index is 10.1. The number of nitriles is 1. The van der Waals surface area contributed by atoms with Gasteiger partial charge in [-0.2, -0.15) is 5.26 Å². The largest absolute Gasteiger partial charge is 0.799 e. The van der Waals surface area contributed by atoms with Crippen molar-refractivity contribution in [2.24, 2.45) is 0 Å². The predicted molar refractivity (Wildman–Crippen MR) is 192 cm³/mol. The standard InChI is InChI=1S/C40H40BNO3S/c1-3-5-13-31-19-25-37(26-20-31)43-41(44-38-27-21-32(22-28-38)14-6-4-2)45-46-30-36-24-23-35(29-42)39(33-15-9-7-10-16-33)40(36)34-17-11-8-12-18-34/h7-12,15-28H,3-6,13-14,30H2,1-2H3. The highest BCUT2D eigenvalue weighted by atomic mass is 32.2. The summed E-state index contributed by atoms with van der Waals surface area (Å²) in [5.41, 5.74) is 8.24. The normalized spacial score (nSPS) is 10.7. The van der Waals surface area contributed by atoms with Crippen LogP contribution in [0.15, 0.2) is 121 Å². The average Bonchev–Trinajstić information content (AvgIpc) is 3.11. The van der Waals surface area contributed by atoms with Gasteiger partial charge in [-0.1, -0.05) is 118 Å². The number of benzene rings is 5. The van der Waals surface area contributed by atoms with Crippen molar-refractivity contribution in [2.45, 2.75) is 58.1 Å². The molecule has 0 saturated carbocycles. The molecule has 4 nitrogen and oxygen atoms in total. The zero-order chi connectivity index (χ0) is 32.0. The Balaban J connectivity index is 1.39. The van der Waals surface area contributed by atoms with E-state index >= 15 is 0 Å². The molecule has 0 bridgehead atoms. The first-order valence-corrected chi connectivity index (χ1v) is 17.1. The van der Waals surface area contributed by atoms with Gasteiger partial charge in [0.1, 0.15) is 11.5 Å². The van der Waals surface area contributed by atoms with Crippen molar-refractivity contribution in [3.8, 4) is 39.8 Å². The van der Waals surface area contributed by atoms with E-state index in [1.165, 1.54) is 23.2 Å². The molecule has 0 aromatic heterocycles. The van der Waals surface area contributed by atoms with Crippen LogP contribution in [0, 0.1) is 11.3 Å². The summed E-state index contributed by atoms with van der Waals surface area (Å²) in [5.74, 6) is 1.88. The molecule has 0 aliphatic rings. The van der Waals surface area contributed by atoms with Crippen molar-refractivity contribution in [1.82, 2.24) is 0 Å². The van der Waals surface area contributed by atoms with Gasteiger partial charge in [0.2, 0.25) is 0 Å². The number of unbranched alkanes of at least 4 members (excludes halogenated alkanes) is 2. The molecule has 5 aromatic carbocycles. The Kier molecular flexibility index (Phi) is 12.4. The van der Waals surface area contributed by atoms with Crippen molar-refractivity contribution in [3.63, 3.8) is 0 Å². The Hall–Kier alpha value is -4.44. The lowest BCUT2D eigenvalue weighted by molar-refractivity contribution is 0.327. The minimum absolute atomic E-state index is 0.519. The molecule has 0 aliphatic carbocycles. The van der Waals surface area contributed by atoms with Crippen molar-refractivity contribution in [2.75, 3.05) is 0 Å². The Morgan fingerprint density at radius 1 is 0.609 bits per heavy atom. The topological polar surface area (TPSA) is 51.5 Å². The second kappa shape index (κ2) is 17.3. The molecule has 0 spiro atoms. The third kappa shape index (κ3) is 9.07. The van der Waals surface area contributed by atoms with Gasteiger partial charge in [-0.3, -0.25) is 4.10 Å². The summed E-state index contributed by atoms with van der Waals surface area (Å²) in [6, 6.07) is 43.0. The fraction of sp³-hybridized carbons (Fsp3) is 0.225. The molecule has 6 heteroatoms. The van der Waals surface area contributed by atoms with E-state index in [-0.39, 0.29) is 0 Å². The van der Waals surface area contributed by atoms with Crippen molar-refractivity contribution in [3.05, 3.63) is 144 Å². The number of hydrogen-bond donors (Lipinski definition) is 0. The summed E-state index contributed by atoms with van der Waals surface area (Å²) in [7, 11) is -0.972. The maximum Gasteiger partial charge on any atom is 0.799 e. The molecular formula is C40H40BNO3S. The van der Waals surface area contributed by atoms with Crippen LogP contribution in [0.4, 0.5) is 0 Å². The Labute approximate surface area is 278 Å². The van der Waals surface area contributed by atoms with Crippen LogP contribution >= 0.6 is 12.0 Å². The first-order chi connectivity index (χ1) is 22.7. The van der Waals surface area contributed by atoms with E-state index in [2.05, 4.69) is 68.4 Å². The van der Waals surface area contributed by atoms with Crippen LogP contribution in [0.25, 0.3) is 22.3 Å². The molecule has 0 unspecified atom stereocenters. The zero-order valence-corrected chi connectivity index (χ0v) is 27.5. The Morgan fingerprint density at radius 2 is 1.11 bits per heavy atom. The molecule has 0 aliphatic heterocycles. The number of nitrogens with zero attached hydrogens (tertiary/aromatic N) is 1. The molecule has 0 heterocycles. The Bertz CT molecular complexity index is 1630. The minimum atomic E-state index is -0.972. The SMILES string of the molecule is CCCCc1ccc(OB(OSCc2ccc(C#N)c(-c3ccccc3)c2-c2ccccc2)Oc2ccc(CCCC)cc2)cc1. The zero-order valence-electron chi connectivity index (χ0n) is 26.7. The molecule has 0 N–H and O–H groups in total. The maximum atomic E-state index is 10.1. The molecule has 46 heavy (non-hydrogen) atoms. The highest BCUT2D eigenvalue weighted by molar-refractivity contribution is 7.94. The van der Waals surface area contributed by atoms with Gasteiger partial charge in [0.15, 0.2) is 0 Å². The van der Waals surface area contributed by atoms with Gasteiger partial charge in [0.25, 0.3) is 0 Å². The molecule has 0 atom stereocenters. The van der Waals surface area contributed by atoms with E-state index in [1.807, 2.05) is 72.8 Å². The van der Waals surface area contributed by atoms with E-state index in [1.54, 1.807) is 0 Å². The molecule has 0 amide bonds. The highest BCUT2D eigenvalue weighted by Crippen LogP contribution is 2.39. The van der Waals surface area contributed by atoms with Gasteiger partial charge < -0.3 is 9.31 Å². The fourth-order valence-electron chi connectivity index (χ4n) is 5.37. The van der Waals surface area contributed by atoms with Crippen molar-refractivity contribution in [1.29, 1.82) is 5.26 Å². The van der Waals surface area contributed by atoms with E-state index in [0.29, 0.717) is 22.8 Å². The number of aryl methyl sites for hydroxylation is 2.